The first-order valence-corrected chi connectivity index (χ1v) is 5.15. The summed E-state index contributed by atoms with van der Waals surface area (Å²) in [5.74, 6) is 0.0196. The van der Waals surface area contributed by atoms with Crippen molar-refractivity contribution in [2.45, 2.75) is 20.3 Å². The van der Waals surface area contributed by atoms with Crippen LogP contribution in [0.4, 0.5) is 5.82 Å². The Bertz CT molecular complexity index is 391. The molecule has 16 heavy (non-hydrogen) atoms. The fourth-order valence-corrected chi connectivity index (χ4v) is 1.16. The third kappa shape index (κ3) is 3.68. The van der Waals surface area contributed by atoms with Gasteiger partial charge in [-0.2, -0.15) is 0 Å². The van der Waals surface area contributed by atoms with Crippen LogP contribution in [0.1, 0.15) is 30.6 Å². The Balaban J connectivity index is 2.73. The molecule has 2 amide bonds. The maximum atomic E-state index is 11.6. The second-order valence-electron chi connectivity index (χ2n) is 3.37. The Morgan fingerprint density at radius 2 is 2.19 bits per heavy atom. The number of hydrogen-bond acceptors (Lipinski definition) is 3. The number of carbonyl (C=O) groups is 2. The second-order valence-corrected chi connectivity index (χ2v) is 3.37. The number of carbonyl (C=O) groups excluding carboxylic acids is 2. The number of nitrogens with zero attached hydrogens (tertiary/aromatic N) is 1. The Morgan fingerprint density at radius 3 is 2.81 bits per heavy atom. The van der Waals surface area contributed by atoms with Crippen molar-refractivity contribution in [2.75, 3.05) is 11.9 Å². The van der Waals surface area contributed by atoms with Crippen molar-refractivity contribution in [2.24, 2.45) is 0 Å². The van der Waals surface area contributed by atoms with Gasteiger partial charge < -0.3 is 10.6 Å². The van der Waals surface area contributed by atoms with Gasteiger partial charge >= 0.3 is 0 Å². The summed E-state index contributed by atoms with van der Waals surface area (Å²) in [6, 6.07) is 3.16. The van der Waals surface area contributed by atoms with Crippen LogP contribution < -0.4 is 10.6 Å². The first-order chi connectivity index (χ1) is 7.63. The average molecular weight is 221 g/mol. The zero-order valence-electron chi connectivity index (χ0n) is 9.41. The highest BCUT2D eigenvalue weighted by Gasteiger charge is 2.06. The van der Waals surface area contributed by atoms with E-state index in [1.165, 1.54) is 13.1 Å². The summed E-state index contributed by atoms with van der Waals surface area (Å²) in [4.78, 5) is 26.3. The molecule has 5 heteroatoms. The van der Waals surface area contributed by atoms with Crippen molar-refractivity contribution in [1.29, 1.82) is 0 Å². The second kappa shape index (κ2) is 5.85. The van der Waals surface area contributed by atoms with Crippen LogP contribution in [-0.2, 0) is 4.79 Å². The average Bonchev–Trinajstić information content (AvgIpc) is 2.25. The number of anilines is 1. The van der Waals surface area contributed by atoms with E-state index in [1.807, 2.05) is 6.92 Å². The number of hydrogen-bond donors (Lipinski definition) is 2. The largest absolute Gasteiger partial charge is 0.352 e. The Morgan fingerprint density at radius 1 is 1.44 bits per heavy atom. The Hall–Kier alpha value is -1.91. The molecular formula is C11H15N3O2. The molecule has 0 bridgehead atoms. The van der Waals surface area contributed by atoms with Crippen LogP contribution in [0.3, 0.4) is 0 Å². The molecule has 0 saturated heterocycles. The molecule has 1 aromatic rings. The quantitative estimate of drug-likeness (QED) is 0.802. The third-order valence-corrected chi connectivity index (χ3v) is 1.86. The summed E-state index contributed by atoms with van der Waals surface area (Å²) < 4.78 is 0. The molecule has 1 rings (SSSR count). The number of aromatic nitrogens is 1. The maximum absolute atomic E-state index is 11.6. The zero-order chi connectivity index (χ0) is 12.0. The molecule has 1 aromatic heterocycles. The van der Waals surface area contributed by atoms with Gasteiger partial charge in [0.1, 0.15) is 5.82 Å². The molecule has 0 aromatic carbocycles. The van der Waals surface area contributed by atoms with Crippen LogP contribution in [0.25, 0.3) is 0 Å². The third-order valence-electron chi connectivity index (χ3n) is 1.86. The van der Waals surface area contributed by atoms with Gasteiger partial charge in [-0.15, -0.1) is 0 Å². The molecule has 0 aliphatic carbocycles. The molecule has 0 unspecified atom stereocenters. The first kappa shape index (κ1) is 12.2. The van der Waals surface area contributed by atoms with E-state index < -0.39 is 0 Å². The molecule has 0 radical (unpaired) electrons. The van der Waals surface area contributed by atoms with Crippen molar-refractivity contribution in [3.8, 4) is 0 Å². The first-order valence-electron chi connectivity index (χ1n) is 5.15. The van der Waals surface area contributed by atoms with Crippen LogP contribution in [0.5, 0.6) is 0 Å². The molecule has 2 N–H and O–H groups in total. The topological polar surface area (TPSA) is 71.1 Å². The van der Waals surface area contributed by atoms with Crippen LogP contribution in [0.2, 0.25) is 0 Å². The standard InChI is InChI=1S/C11H15N3O2/c1-3-5-13-11(16)9-4-6-12-10(7-9)14-8(2)15/h4,6-7H,3,5H2,1-2H3,(H,13,16)(H,12,14,15). The molecule has 0 aliphatic rings. The number of amides is 2. The van der Waals surface area contributed by atoms with Crippen LogP contribution in [0.15, 0.2) is 18.3 Å². The normalized spacial score (nSPS) is 9.62. The SMILES string of the molecule is CCCNC(=O)c1ccnc(NC(C)=O)c1. The minimum atomic E-state index is -0.210. The smallest absolute Gasteiger partial charge is 0.251 e. The van der Waals surface area contributed by atoms with E-state index >= 15 is 0 Å². The van der Waals surface area contributed by atoms with Gasteiger partial charge in [0.15, 0.2) is 0 Å². The highest BCUT2D eigenvalue weighted by molar-refractivity contribution is 5.96. The predicted octanol–water partition coefficient (Wildman–Crippen LogP) is 1.18. The van der Waals surface area contributed by atoms with Crippen molar-refractivity contribution >= 4 is 17.6 Å². The van der Waals surface area contributed by atoms with Crippen LogP contribution >= 0.6 is 0 Å². The lowest BCUT2D eigenvalue weighted by atomic mass is 10.2. The highest BCUT2D eigenvalue weighted by atomic mass is 16.2. The van der Waals surface area contributed by atoms with Crippen molar-refractivity contribution in [1.82, 2.24) is 10.3 Å². The minimum Gasteiger partial charge on any atom is -0.352 e. The Kier molecular flexibility index (Phi) is 4.44. The molecule has 0 atom stereocenters. The van der Waals surface area contributed by atoms with E-state index in [0.717, 1.165) is 6.42 Å². The van der Waals surface area contributed by atoms with Gasteiger partial charge in [-0.3, -0.25) is 9.59 Å². The number of rotatable bonds is 4. The van der Waals surface area contributed by atoms with E-state index in [4.69, 9.17) is 0 Å². The van der Waals surface area contributed by atoms with Crippen molar-refractivity contribution in [3.05, 3.63) is 23.9 Å². The molecule has 0 spiro atoms. The van der Waals surface area contributed by atoms with E-state index in [9.17, 15) is 9.59 Å². The van der Waals surface area contributed by atoms with Crippen LogP contribution in [-0.4, -0.2) is 23.3 Å². The molecule has 0 aliphatic heterocycles. The molecular weight excluding hydrogens is 206 g/mol. The van der Waals surface area contributed by atoms with Gasteiger partial charge in [0.05, 0.1) is 0 Å². The molecule has 0 saturated carbocycles. The summed E-state index contributed by atoms with van der Waals surface area (Å²) in [6.45, 7) is 4.01. The Labute approximate surface area is 94.3 Å². The van der Waals surface area contributed by atoms with E-state index in [0.29, 0.717) is 17.9 Å². The highest BCUT2D eigenvalue weighted by Crippen LogP contribution is 2.06. The summed E-state index contributed by atoms with van der Waals surface area (Å²) in [5.41, 5.74) is 0.493. The van der Waals surface area contributed by atoms with Crippen LogP contribution in [0, 0.1) is 0 Å². The fraction of sp³-hybridized carbons (Fsp3) is 0.364. The van der Waals surface area contributed by atoms with E-state index in [-0.39, 0.29) is 11.8 Å². The monoisotopic (exact) mass is 221 g/mol. The predicted molar refractivity (Wildman–Crippen MR) is 61.2 cm³/mol. The van der Waals surface area contributed by atoms with E-state index in [1.54, 1.807) is 12.1 Å². The van der Waals surface area contributed by atoms with Gasteiger partial charge in [-0.25, -0.2) is 4.98 Å². The van der Waals surface area contributed by atoms with Crippen molar-refractivity contribution in [3.63, 3.8) is 0 Å². The lowest BCUT2D eigenvalue weighted by Gasteiger charge is -2.05. The summed E-state index contributed by atoms with van der Waals surface area (Å²) in [6.07, 6.45) is 2.38. The van der Waals surface area contributed by atoms with Gasteiger partial charge in [-0.1, -0.05) is 6.92 Å². The maximum Gasteiger partial charge on any atom is 0.251 e. The lowest BCUT2D eigenvalue weighted by Crippen LogP contribution is -2.24. The molecule has 1 heterocycles. The van der Waals surface area contributed by atoms with Crippen molar-refractivity contribution < 1.29 is 9.59 Å². The van der Waals surface area contributed by atoms with Gasteiger partial charge in [0, 0.05) is 25.2 Å². The molecule has 86 valence electrons. The number of nitrogens with one attached hydrogen (secondary N) is 2. The number of pyridine rings is 1. The zero-order valence-corrected chi connectivity index (χ0v) is 9.41. The van der Waals surface area contributed by atoms with Gasteiger partial charge in [0.25, 0.3) is 5.91 Å². The van der Waals surface area contributed by atoms with E-state index in [2.05, 4.69) is 15.6 Å². The van der Waals surface area contributed by atoms with Gasteiger partial charge in [0.2, 0.25) is 5.91 Å². The molecule has 5 nitrogen and oxygen atoms in total. The minimum absolute atomic E-state index is 0.157. The van der Waals surface area contributed by atoms with Gasteiger partial charge in [-0.05, 0) is 18.6 Å². The molecule has 0 fully saturated rings. The fourth-order valence-electron chi connectivity index (χ4n) is 1.16. The lowest BCUT2D eigenvalue weighted by molar-refractivity contribution is -0.114. The summed E-state index contributed by atoms with van der Waals surface area (Å²) in [7, 11) is 0. The summed E-state index contributed by atoms with van der Waals surface area (Å²) in [5, 5.41) is 5.28. The summed E-state index contributed by atoms with van der Waals surface area (Å²) >= 11 is 0.